The molecule has 0 aliphatic carbocycles. The van der Waals surface area contributed by atoms with Crippen LogP contribution in [0.3, 0.4) is 0 Å². The van der Waals surface area contributed by atoms with Gasteiger partial charge in [-0.15, -0.1) is 24.0 Å². The minimum Gasteiger partial charge on any atom is -0.492 e. The first-order valence-electron chi connectivity index (χ1n) is 8.77. The largest absolute Gasteiger partial charge is 0.492 e. The van der Waals surface area contributed by atoms with Crippen molar-refractivity contribution >= 4 is 52.3 Å². The minimum atomic E-state index is -0.908. The molecule has 1 N–H and O–H groups in total. The molecule has 0 spiro atoms. The highest BCUT2D eigenvalue weighted by molar-refractivity contribution is 14.0. The fourth-order valence-electron chi connectivity index (χ4n) is 2.46. The number of hydrogen-bond donors (Lipinski definition) is 1. The Morgan fingerprint density at radius 2 is 1.96 bits per heavy atom. The molecule has 5 nitrogen and oxygen atoms in total. The van der Waals surface area contributed by atoms with E-state index < -0.39 is 10.8 Å². The number of aliphatic imine (C=N–C) groups is 1. The average Bonchev–Trinajstić information content (AvgIpc) is 2.66. The van der Waals surface area contributed by atoms with Gasteiger partial charge in [0.05, 0.1) is 6.54 Å². The normalized spacial score (nSPS) is 12.0. The Bertz CT molecular complexity index is 762. The van der Waals surface area contributed by atoms with Crippen molar-refractivity contribution in [3.8, 4) is 5.75 Å². The summed E-state index contributed by atoms with van der Waals surface area (Å²) in [7, 11) is 2.77. The lowest BCUT2D eigenvalue weighted by atomic mass is 10.2. The fourth-order valence-corrected chi connectivity index (χ4v) is 3.68. The summed E-state index contributed by atoms with van der Waals surface area (Å²) >= 11 is 5.95. The predicted octanol–water partition coefficient (Wildman–Crippen LogP) is 3.79. The Labute approximate surface area is 192 Å². The molecule has 2 aromatic carbocycles. The molecule has 0 aliphatic rings. The third-order valence-corrected chi connectivity index (χ3v) is 5.40. The summed E-state index contributed by atoms with van der Waals surface area (Å²) < 4.78 is 17.9. The third-order valence-electron chi connectivity index (χ3n) is 3.85. The van der Waals surface area contributed by atoms with Gasteiger partial charge in [-0.1, -0.05) is 48.0 Å². The van der Waals surface area contributed by atoms with Crippen molar-refractivity contribution < 1.29 is 8.95 Å². The van der Waals surface area contributed by atoms with Gasteiger partial charge in [-0.25, -0.2) is 0 Å². The maximum atomic E-state index is 12.2. The summed E-state index contributed by atoms with van der Waals surface area (Å²) in [6, 6.07) is 17.2. The van der Waals surface area contributed by atoms with Crippen molar-refractivity contribution in [1.82, 2.24) is 10.2 Å². The quantitative estimate of drug-likeness (QED) is 0.302. The van der Waals surface area contributed by atoms with Gasteiger partial charge in [-0.2, -0.15) is 0 Å². The molecule has 0 heterocycles. The number of halogens is 2. The van der Waals surface area contributed by atoms with Crippen LogP contribution in [0.15, 0.2) is 59.6 Å². The Balaban J connectivity index is 0.00000392. The molecule has 1 unspecified atom stereocenters. The van der Waals surface area contributed by atoms with Gasteiger partial charge in [0.2, 0.25) is 0 Å². The first-order chi connectivity index (χ1) is 13.1. The Morgan fingerprint density at radius 3 is 2.64 bits per heavy atom. The van der Waals surface area contributed by atoms with Crippen LogP contribution < -0.4 is 10.1 Å². The average molecular weight is 536 g/mol. The molecule has 0 saturated heterocycles. The summed E-state index contributed by atoms with van der Waals surface area (Å²) in [6.07, 6.45) is 0. The molecule has 0 aromatic heterocycles. The Kier molecular flexibility index (Phi) is 12.2. The molecule has 0 fully saturated rings. The van der Waals surface area contributed by atoms with Crippen molar-refractivity contribution in [3.05, 3.63) is 65.2 Å². The molecule has 8 heteroatoms. The van der Waals surface area contributed by atoms with Crippen LogP contribution in [0.1, 0.15) is 5.56 Å². The molecule has 28 heavy (non-hydrogen) atoms. The molecule has 0 radical (unpaired) electrons. The topological polar surface area (TPSA) is 53.9 Å². The van der Waals surface area contributed by atoms with Gasteiger partial charge < -0.3 is 15.0 Å². The van der Waals surface area contributed by atoms with E-state index in [0.29, 0.717) is 36.2 Å². The van der Waals surface area contributed by atoms with Gasteiger partial charge in [0.15, 0.2) is 5.96 Å². The van der Waals surface area contributed by atoms with Crippen molar-refractivity contribution in [3.63, 3.8) is 0 Å². The van der Waals surface area contributed by atoms with Crippen molar-refractivity contribution in [2.45, 2.75) is 5.75 Å². The number of hydrogen-bond acceptors (Lipinski definition) is 3. The number of rotatable bonds is 9. The van der Waals surface area contributed by atoms with Gasteiger partial charge in [0, 0.05) is 48.0 Å². The number of nitrogens with zero attached hydrogens (tertiary/aromatic N) is 2. The van der Waals surface area contributed by atoms with Gasteiger partial charge >= 0.3 is 0 Å². The lowest BCUT2D eigenvalue weighted by molar-refractivity contribution is 0.281. The smallest absolute Gasteiger partial charge is 0.193 e. The molecule has 1 atom stereocenters. The summed E-state index contributed by atoms with van der Waals surface area (Å²) in [6.45, 7) is 1.78. The van der Waals surface area contributed by atoms with E-state index >= 15 is 0 Å². The van der Waals surface area contributed by atoms with Crippen LogP contribution >= 0.6 is 35.6 Å². The summed E-state index contributed by atoms with van der Waals surface area (Å²) in [5.74, 6) is 2.64. The molecule has 0 amide bonds. The Hall–Kier alpha value is -1.32. The zero-order chi connectivity index (χ0) is 19.5. The second-order valence-electron chi connectivity index (χ2n) is 5.98. The molecule has 0 saturated carbocycles. The van der Waals surface area contributed by atoms with E-state index in [0.717, 1.165) is 17.3 Å². The maximum absolute atomic E-state index is 12.2. The lowest BCUT2D eigenvalue weighted by Gasteiger charge is -2.22. The number of guanidine groups is 1. The number of nitrogens with one attached hydrogen (secondary N) is 1. The molecule has 154 valence electrons. The van der Waals surface area contributed by atoms with E-state index in [9.17, 15) is 4.21 Å². The van der Waals surface area contributed by atoms with Crippen molar-refractivity contribution in [1.29, 1.82) is 0 Å². The molecular formula is C20H27ClIN3O2S. The minimum absolute atomic E-state index is 0. The van der Waals surface area contributed by atoms with Crippen molar-refractivity contribution in [2.75, 3.05) is 39.5 Å². The van der Waals surface area contributed by atoms with Crippen LogP contribution in [0.25, 0.3) is 0 Å². The van der Waals surface area contributed by atoms with Crippen LogP contribution in [0.4, 0.5) is 0 Å². The monoisotopic (exact) mass is 535 g/mol. The number of benzene rings is 2. The van der Waals surface area contributed by atoms with Gasteiger partial charge in [0.1, 0.15) is 12.4 Å². The van der Waals surface area contributed by atoms with E-state index in [-0.39, 0.29) is 24.0 Å². The van der Waals surface area contributed by atoms with Crippen LogP contribution in [0.5, 0.6) is 5.75 Å². The van der Waals surface area contributed by atoms with E-state index in [4.69, 9.17) is 16.3 Å². The van der Waals surface area contributed by atoms with Crippen LogP contribution in [0, 0.1) is 0 Å². The fraction of sp³-hybridized carbons (Fsp3) is 0.350. The molecule has 0 aliphatic heterocycles. The molecule has 0 bridgehead atoms. The second kappa shape index (κ2) is 13.8. The highest BCUT2D eigenvalue weighted by atomic mass is 127. The van der Waals surface area contributed by atoms with Gasteiger partial charge in [0.25, 0.3) is 0 Å². The maximum Gasteiger partial charge on any atom is 0.193 e. The standard InChI is InChI=1S/C20H26ClN3O2S.HI/c1-22-20(23-11-14-27(25)16-17-7-4-3-5-8-17)24(2)12-13-26-19-10-6-9-18(21)15-19;/h3-10,15H,11-14,16H2,1-2H3,(H,22,23);1H. The summed E-state index contributed by atoms with van der Waals surface area (Å²) in [5.41, 5.74) is 1.09. The second-order valence-corrected chi connectivity index (χ2v) is 7.99. The number of likely N-dealkylation sites (N-methyl/N-ethyl adjacent to an activating group) is 1. The van der Waals surface area contributed by atoms with E-state index in [2.05, 4.69) is 10.3 Å². The van der Waals surface area contributed by atoms with Crippen molar-refractivity contribution in [2.24, 2.45) is 4.99 Å². The van der Waals surface area contributed by atoms with Crippen LogP contribution in [-0.2, 0) is 16.6 Å². The number of ether oxygens (including phenoxy) is 1. The SMILES string of the molecule is CN=C(NCCS(=O)Cc1ccccc1)N(C)CCOc1cccc(Cl)c1.I. The van der Waals surface area contributed by atoms with E-state index in [1.807, 2.05) is 60.5 Å². The van der Waals surface area contributed by atoms with E-state index in [1.54, 1.807) is 13.1 Å². The highest BCUT2D eigenvalue weighted by Gasteiger charge is 2.07. The predicted molar refractivity (Wildman–Crippen MR) is 130 cm³/mol. The molecular weight excluding hydrogens is 509 g/mol. The van der Waals surface area contributed by atoms with Crippen LogP contribution in [0.2, 0.25) is 5.02 Å². The first kappa shape index (κ1) is 24.7. The third kappa shape index (κ3) is 9.25. The van der Waals surface area contributed by atoms with E-state index in [1.165, 1.54) is 0 Å². The molecule has 2 aromatic rings. The summed E-state index contributed by atoms with van der Waals surface area (Å²) in [4.78, 5) is 6.24. The molecule has 2 rings (SSSR count). The lowest BCUT2D eigenvalue weighted by Crippen LogP contribution is -2.42. The zero-order valence-electron chi connectivity index (χ0n) is 16.1. The highest BCUT2D eigenvalue weighted by Crippen LogP contribution is 2.16. The zero-order valence-corrected chi connectivity index (χ0v) is 20.0. The Morgan fingerprint density at radius 1 is 1.21 bits per heavy atom. The first-order valence-corrected chi connectivity index (χ1v) is 10.6. The van der Waals surface area contributed by atoms with Gasteiger partial charge in [-0.3, -0.25) is 9.20 Å². The summed E-state index contributed by atoms with van der Waals surface area (Å²) in [5, 5.41) is 3.90. The van der Waals surface area contributed by atoms with Crippen LogP contribution in [-0.4, -0.2) is 54.6 Å². The van der Waals surface area contributed by atoms with Gasteiger partial charge in [-0.05, 0) is 23.8 Å².